The Kier molecular flexibility index (Phi) is 4.96. The number of rotatable bonds is 6. The van der Waals surface area contributed by atoms with Crippen LogP contribution in [0, 0.1) is 5.82 Å². The van der Waals surface area contributed by atoms with Crippen LogP contribution in [0.25, 0.3) is 10.6 Å². The molecule has 4 rings (SSSR count). The molecule has 0 amide bonds. The molecule has 140 valence electrons. The molecule has 0 aliphatic carbocycles. The number of hydrogen-bond donors (Lipinski definition) is 1. The molecule has 1 aromatic heterocycles. The maximum Gasteiger partial charge on any atom is 0.231 e. The van der Waals surface area contributed by atoms with Crippen molar-refractivity contribution in [3.63, 3.8) is 0 Å². The monoisotopic (exact) mass is 386 g/mol. The van der Waals surface area contributed by atoms with E-state index in [0.29, 0.717) is 6.54 Å². The number of methoxy groups -OCH3 is 1. The van der Waals surface area contributed by atoms with Gasteiger partial charge in [0.25, 0.3) is 0 Å². The summed E-state index contributed by atoms with van der Waals surface area (Å²) in [5.41, 5.74) is 2.80. The molecule has 1 aliphatic rings. The Morgan fingerprint density at radius 2 is 2.07 bits per heavy atom. The van der Waals surface area contributed by atoms with Crippen molar-refractivity contribution in [3.8, 4) is 27.8 Å². The first kappa shape index (κ1) is 17.8. The second kappa shape index (κ2) is 7.54. The summed E-state index contributed by atoms with van der Waals surface area (Å²) in [6.07, 6.45) is 0. The van der Waals surface area contributed by atoms with E-state index in [0.717, 1.165) is 33.3 Å². The number of nitrogens with one attached hydrogen (secondary N) is 1. The van der Waals surface area contributed by atoms with Gasteiger partial charge in [0.2, 0.25) is 6.79 Å². The van der Waals surface area contributed by atoms with E-state index in [2.05, 4.69) is 10.3 Å². The van der Waals surface area contributed by atoms with E-state index in [1.165, 1.54) is 13.2 Å². The molecule has 0 fully saturated rings. The Balaban J connectivity index is 1.41. The summed E-state index contributed by atoms with van der Waals surface area (Å²) in [4.78, 5) is 4.68. The van der Waals surface area contributed by atoms with Crippen LogP contribution in [0.4, 0.5) is 4.39 Å². The summed E-state index contributed by atoms with van der Waals surface area (Å²) in [6, 6.07) is 10.8. The standard InChI is InChI=1S/C20H19FN2O3S/c1-12(13-3-5-17(24-2)16(21)7-13)22-9-15-10-27-20(23-15)14-4-6-18-19(8-14)26-11-25-18/h3-8,10,12,22H,9,11H2,1-2H3. The van der Waals surface area contributed by atoms with Gasteiger partial charge in [0, 0.05) is 23.5 Å². The van der Waals surface area contributed by atoms with Gasteiger partial charge in [-0.05, 0) is 42.8 Å². The van der Waals surface area contributed by atoms with Gasteiger partial charge in [-0.3, -0.25) is 0 Å². The average Bonchev–Trinajstić information content (AvgIpc) is 3.34. The molecule has 2 heterocycles. The average molecular weight is 386 g/mol. The van der Waals surface area contributed by atoms with Gasteiger partial charge in [-0.2, -0.15) is 0 Å². The van der Waals surface area contributed by atoms with Gasteiger partial charge in [0.1, 0.15) is 5.01 Å². The predicted molar refractivity (Wildman–Crippen MR) is 102 cm³/mol. The van der Waals surface area contributed by atoms with Gasteiger partial charge in [-0.15, -0.1) is 11.3 Å². The smallest absolute Gasteiger partial charge is 0.231 e. The summed E-state index contributed by atoms with van der Waals surface area (Å²) < 4.78 is 29.6. The SMILES string of the molecule is COc1ccc(C(C)NCc2csc(-c3ccc4c(c3)OCO4)n2)cc1F. The van der Waals surface area contributed by atoms with Gasteiger partial charge in [-0.1, -0.05) is 6.07 Å². The highest BCUT2D eigenvalue weighted by molar-refractivity contribution is 7.13. The van der Waals surface area contributed by atoms with Crippen LogP contribution in [0.15, 0.2) is 41.8 Å². The van der Waals surface area contributed by atoms with Gasteiger partial charge in [0.05, 0.1) is 12.8 Å². The van der Waals surface area contributed by atoms with Crippen molar-refractivity contribution < 1.29 is 18.6 Å². The van der Waals surface area contributed by atoms with Gasteiger partial charge < -0.3 is 19.5 Å². The van der Waals surface area contributed by atoms with E-state index in [4.69, 9.17) is 14.2 Å². The van der Waals surface area contributed by atoms with Crippen molar-refractivity contribution in [2.45, 2.75) is 19.5 Å². The zero-order chi connectivity index (χ0) is 18.8. The van der Waals surface area contributed by atoms with Gasteiger partial charge >= 0.3 is 0 Å². The summed E-state index contributed by atoms with van der Waals surface area (Å²) in [5.74, 6) is 1.40. The lowest BCUT2D eigenvalue weighted by Gasteiger charge is -2.14. The second-order valence-electron chi connectivity index (χ2n) is 6.21. The highest BCUT2D eigenvalue weighted by Gasteiger charge is 2.15. The van der Waals surface area contributed by atoms with E-state index in [1.807, 2.05) is 36.6 Å². The normalized spacial score (nSPS) is 13.6. The zero-order valence-corrected chi connectivity index (χ0v) is 15.8. The molecule has 0 radical (unpaired) electrons. The number of aromatic nitrogens is 1. The largest absolute Gasteiger partial charge is 0.494 e. The van der Waals surface area contributed by atoms with E-state index in [1.54, 1.807) is 17.4 Å². The van der Waals surface area contributed by atoms with E-state index in [9.17, 15) is 4.39 Å². The van der Waals surface area contributed by atoms with Crippen LogP contribution in [-0.4, -0.2) is 18.9 Å². The Morgan fingerprint density at radius 3 is 2.89 bits per heavy atom. The van der Waals surface area contributed by atoms with Crippen molar-refractivity contribution >= 4 is 11.3 Å². The number of thiazole rings is 1. The van der Waals surface area contributed by atoms with E-state index < -0.39 is 0 Å². The van der Waals surface area contributed by atoms with E-state index in [-0.39, 0.29) is 24.4 Å². The molecule has 5 nitrogen and oxygen atoms in total. The fourth-order valence-electron chi connectivity index (χ4n) is 2.88. The number of nitrogens with zero attached hydrogens (tertiary/aromatic N) is 1. The third-order valence-corrected chi connectivity index (χ3v) is 5.38. The lowest BCUT2D eigenvalue weighted by atomic mass is 10.1. The maximum absolute atomic E-state index is 13.9. The molecule has 7 heteroatoms. The highest BCUT2D eigenvalue weighted by Crippen LogP contribution is 2.36. The lowest BCUT2D eigenvalue weighted by Crippen LogP contribution is -2.18. The van der Waals surface area contributed by atoms with Crippen molar-refractivity contribution in [2.75, 3.05) is 13.9 Å². The Bertz CT molecular complexity index is 960. The number of benzene rings is 2. The second-order valence-corrected chi connectivity index (χ2v) is 7.07. The van der Waals surface area contributed by atoms with Crippen LogP contribution in [0.2, 0.25) is 0 Å². The molecule has 3 aromatic rings. The highest BCUT2D eigenvalue weighted by atomic mass is 32.1. The van der Waals surface area contributed by atoms with Crippen LogP contribution in [0.5, 0.6) is 17.2 Å². The molecule has 1 atom stereocenters. The molecule has 1 unspecified atom stereocenters. The third kappa shape index (κ3) is 3.74. The van der Waals surface area contributed by atoms with Crippen LogP contribution >= 0.6 is 11.3 Å². The molecule has 2 aromatic carbocycles. The molecular formula is C20H19FN2O3S. The Morgan fingerprint density at radius 1 is 1.22 bits per heavy atom. The molecule has 0 bridgehead atoms. The first-order valence-corrected chi connectivity index (χ1v) is 9.43. The number of fused-ring (bicyclic) bond motifs is 1. The van der Waals surface area contributed by atoms with Crippen molar-refractivity contribution in [1.29, 1.82) is 0 Å². The van der Waals surface area contributed by atoms with Crippen LogP contribution in [0.3, 0.4) is 0 Å². The molecule has 0 saturated heterocycles. The quantitative estimate of drug-likeness (QED) is 0.674. The van der Waals surface area contributed by atoms with Crippen LogP contribution in [0.1, 0.15) is 24.2 Å². The Hall–Kier alpha value is -2.64. The molecular weight excluding hydrogens is 367 g/mol. The third-order valence-electron chi connectivity index (χ3n) is 4.44. The summed E-state index contributed by atoms with van der Waals surface area (Å²) in [7, 11) is 1.46. The van der Waals surface area contributed by atoms with Crippen molar-refractivity contribution in [2.24, 2.45) is 0 Å². The van der Waals surface area contributed by atoms with Crippen LogP contribution in [-0.2, 0) is 6.54 Å². The van der Waals surface area contributed by atoms with E-state index >= 15 is 0 Å². The Labute approximate surface area is 160 Å². The molecule has 0 spiro atoms. The number of halogens is 1. The first-order valence-electron chi connectivity index (χ1n) is 8.55. The minimum absolute atomic E-state index is 0.0129. The fraction of sp³-hybridized carbons (Fsp3) is 0.250. The molecule has 0 saturated carbocycles. The predicted octanol–water partition coefficient (Wildman–Crippen LogP) is 4.54. The minimum atomic E-state index is -0.359. The molecule has 27 heavy (non-hydrogen) atoms. The first-order chi connectivity index (χ1) is 13.1. The fourth-order valence-corrected chi connectivity index (χ4v) is 3.69. The summed E-state index contributed by atoms with van der Waals surface area (Å²) in [5, 5.41) is 6.32. The van der Waals surface area contributed by atoms with Crippen molar-refractivity contribution in [1.82, 2.24) is 10.3 Å². The molecule has 1 N–H and O–H groups in total. The topological polar surface area (TPSA) is 52.6 Å². The number of hydrogen-bond acceptors (Lipinski definition) is 6. The van der Waals surface area contributed by atoms with Gasteiger partial charge in [-0.25, -0.2) is 9.37 Å². The number of ether oxygens (including phenoxy) is 3. The van der Waals surface area contributed by atoms with Gasteiger partial charge in [0.15, 0.2) is 23.1 Å². The van der Waals surface area contributed by atoms with Crippen LogP contribution < -0.4 is 19.5 Å². The summed E-state index contributed by atoms with van der Waals surface area (Å²) >= 11 is 1.58. The zero-order valence-electron chi connectivity index (χ0n) is 15.0. The summed E-state index contributed by atoms with van der Waals surface area (Å²) in [6.45, 7) is 2.85. The minimum Gasteiger partial charge on any atom is -0.494 e. The molecule has 1 aliphatic heterocycles. The van der Waals surface area contributed by atoms with Crippen molar-refractivity contribution in [3.05, 3.63) is 58.9 Å². The maximum atomic E-state index is 13.9. The lowest BCUT2D eigenvalue weighted by molar-refractivity contribution is 0.174.